The molecule has 0 aliphatic carbocycles. The van der Waals surface area contributed by atoms with Gasteiger partial charge in [-0.2, -0.15) is 0 Å². The number of hydrogen-bond acceptors (Lipinski definition) is 3. The van der Waals surface area contributed by atoms with Gasteiger partial charge in [-0.05, 0) is 26.0 Å². The number of aliphatic carboxylic acids is 1. The molecule has 112 valence electrons. The van der Waals surface area contributed by atoms with Crippen molar-refractivity contribution in [1.82, 2.24) is 5.32 Å². The molecule has 0 heterocycles. The first-order chi connectivity index (χ1) is 9.73. The SMILES string of the molecule is CC(C(=O)O)=C(C)C(=O)NC(=O)Nc1cccc(Cl)c1Cl. The van der Waals surface area contributed by atoms with Crippen molar-refractivity contribution in [3.05, 3.63) is 39.4 Å². The molecule has 0 radical (unpaired) electrons. The number of amides is 3. The van der Waals surface area contributed by atoms with E-state index in [1.807, 2.05) is 5.32 Å². The smallest absolute Gasteiger partial charge is 0.331 e. The molecule has 0 spiro atoms. The van der Waals surface area contributed by atoms with E-state index in [0.29, 0.717) is 0 Å². The van der Waals surface area contributed by atoms with Crippen molar-refractivity contribution < 1.29 is 19.5 Å². The number of carboxylic acids is 1. The minimum atomic E-state index is -1.24. The van der Waals surface area contributed by atoms with Gasteiger partial charge in [-0.15, -0.1) is 0 Å². The van der Waals surface area contributed by atoms with Gasteiger partial charge in [-0.1, -0.05) is 29.3 Å². The number of carbonyl (C=O) groups is 3. The third-order valence-electron chi connectivity index (χ3n) is 2.65. The highest BCUT2D eigenvalue weighted by molar-refractivity contribution is 6.44. The van der Waals surface area contributed by atoms with Gasteiger partial charge in [0.15, 0.2) is 0 Å². The summed E-state index contributed by atoms with van der Waals surface area (Å²) in [4.78, 5) is 34.1. The second-order valence-corrected chi connectivity index (χ2v) is 4.85. The second kappa shape index (κ2) is 7.10. The Labute approximate surface area is 130 Å². The van der Waals surface area contributed by atoms with E-state index in [1.54, 1.807) is 12.1 Å². The van der Waals surface area contributed by atoms with Gasteiger partial charge in [-0.3, -0.25) is 10.1 Å². The van der Waals surface area contributed by atoms with Crippen LogP contribution in [0.2, 0.25) is 10.0 Å². The van der Waals surface area contributed by atoms with Crippen LogP contribution in [0.3, 0.4) is 0 Å². The third kappa shape index (κ3) is 4.47. The predicted octanol–water partition coefficient (Wildman–Crippen LogP) is 3.06. The van der Waals surface area contributed by atoms with Crippen LogP contribution in [0.5, 0.6) is 0 Å². The van der Waals surface area contributed by atoms with Crippen LogP contribution in [0.15, 0.2) is 29.3 Å². The zero-order valence-corrected chi connectivity index (χ0v) is 12.7. The van der Waals surface area contributed by atoms with Crippen molar-refractivity contribution in [2.24, 2.45) is 0 Å². The largest absolute Gasteiger partial charge is 0.478 e. The molecule has 0 aliphatic rings. The van der Waals surface area contributed by atoms with E-state index in [4.69, 9.17) is 28.3 Å². The van der Waals surface area contributed by atoms with E-state index in [-0.39, 0.29) is 26.9 Å². The van der Waals surface area contributed by atoms with E-state index >= 15 is 0 Å². The fourth-order valence-electron chi connectivity index (χ4n) is 1.28. The fourth-order valence-corrected chi connectivity index (χ4v) is 1.63. The zero-order chi connectivity index (χ0) is 16.2. The lowest BCUT2D eigenvalue weighted by atomic mass is 10.1. The molecule has 21 heavy (non-hydrogen) atoms. The highest BCUT2D eigenvalue weighted by Gasteiger charge is 2.16. The molecule has 0 aliphatic heterocycles. The number of halogens is 2. The molecule has 0 saturated carbocycles. The molecule has 3 amide bonds. The summed E-state index contributed by atoms with van der Waals surface area (Å²) in [5.74, 6) is -2.05. The third-order valence-corrected chi connectivity index (χ3v) is 3.47. The van der Waals surface area contributed by atoms with Gasteiger partial charge >= 0.3 is 12.0 Å². The number of urea groups is 1. The lowest BCUT2D eigenvalue weighted by Crippen LogP contribution is -2.35. The molecule has 3 N–H and O–H groups in total. The Morgan fingerprint density at radius 1 is 1.10 bits per heavy atom. The van der Waals surface area contributed by atoms with Gasteiger partial charge < -0.3 is 10.4 Å². The number of benzene rings is 1. The molecular formula is C13H12Cl2N2O4. The maximum absolute atomic E-state index is 11.7. The van der Waals surface area contributed by atoms with Crippen molar-refractivity contribution in [3.63, 3.8) is 0 Å². The Hall–Kier alpha value is -2.05. The van der Waals surface area contributed by atoms with Crippen LogP contribution in [-0.2, 0) is 9.59 Å². The summed E-state index contributed by atoms with van der Waals surface area (Å²) < 4.78 is 0. The van der Waals surface area contributed by atoms with Gasteiger partial charge in [0.1, 0.15) is 0 Å². The minimum absolute atomic E-state index is 0.0742. The molecule has 0 bridgehead atoms. The van der Waals surface area contributed by atoms with Crippen LogP contribution in [0.1, 0.15) is 13.8 Å². The van der Waals surface area contributed by atoms with Crippen LogP contribution in [0.25, 0.3) is 0 Å². The van der Waals surface area contributed by atoms with Crippen molar-refractivity contribution in [1.29, 1.82) is 0 Å². The average molecular weight is 331 g/mol. The van der Waals surface area contributed by atoms with Gasteiger partial charge in [0.2, 0.25) is 0 Å². The van der Waals surface area contributed by atoms with Crippen molar-refractivity contribution in [3.8, 4) is 0 Å². The summed E-state index contributed by atoms with van der Waals surface area (Å²) >= 11 is 11.7. The molecule has 8 heteroatoms. The maximum atomic E-state index is 11.7. The first-order valence-electron chi connectivity index (χ1n) is 5.71. The van der Waals surface area contributed by atoms with Gasteiger partial charge in [0, 0.05) is 11.1 Å². The minimum Gasteiger partial charge on any atom is -0.478 e. The Balaban J connectivity index is 2.79. The van der Waals surface area contributed by atoms with Crippen LogP contribution in [0, 0.1) is 0 Å². The summed E-state index contributed by atoms with van der Waals surface area (Å²) in [6, 6.07) is 3.78. The lowest BCUT2D eigenvalue weighted by molar-refractivity contribution is -0.133. The number of nitrogens with one attached hydrogen (secondary N) is 2. The summed E-state index contributed by atoms with van der Waals surface area (Å²) in [5.41, 5.74) is 0.00184. The zero-order valence-electron chi connectivity index (χ0n) is 11.2. The fraction of sp³-hybridized carbons (Fsp3) is 0.154. The number of anilines is 1. The Morgan fingerprint density at radius 2 is 1.71 bits per heavy atom. The standard InChI is InChI=1S/C13H12Cl2N2O4/c1-6(7(2)12(19)20)11(18)17-13(21)16-9-5-3-4-8(14)10(9)15/h3-5H,1-2H3,(H,19,20)(H2,16,17,18,21). The predicted molar refractivity (Wildman–Crippen MR) is 79.6 cm³/mol. The molecule has 0 aromatic heterocycles. The average Bonchev–Trinajstić information content (AvgIpc) is 2.41. The quantitative estimate of drug-likeness (QED) is 0.742. The number of carbonyl (C=O) groups excluding carboxylic acids is 2. The molecule has 1 aromatic rings. The van der Waals surface area contributed by atoms with Gasteiger partial charge in [-0.25, -0.2) is 9.59 Å². The van der Waals surface area contributed by atoms with E-state index < -0.39 is 17.9 Å². The molecule has 1 aromatic carbocycles. The maximum Gasteiger partial charge on any atom is 0.331 e. The number of rotatable bonds is 3. The van der Waals surface area contributed by atoms with Crippen LogP contribution in [0.4, 0.5) is 10.5 Å². The summed E-state index contributed by atoms with van der Waals surface area (Å²) in [7, 11) is 0. The Morgan fingerprint density at radius 3 is 2.29 bits per heavy atom. The molecule has 0 atom stereocenters. The first-order valence-corrected chi connectivity index (χ1v) is 6.46. The van der Waals surface area contributed by atoms with Crippen molar-refractivity contribution in [2.45, 2.75) is 13.8 Å². The van der Waals surface area contributed by atoms with Crippen molar-refractivity contribution in [2.75, 3.05) is 5.32 Å². The Bertz CT molecular complexity index is 641. The van der Waals surface area contributed by atoms with E-state index in [0.717, 1.165) is 0 Å². The molecule has 6 nitrogen and oxygen atoms in total. The molecule has 0 saturated heterocycles. The van der Waals surface area contributed by atoms with Crippen molar-refractivity contribution >= 4 is 46.8 Å². The lowest BCUT2D eigenvalue weighted by Gasteiger charge is -2.09. The normalized spacial score (nSPS) is 11.4. The molecule has 0 fully saturated rings. The first kappa shape index (κ1) is 17.0. The monoisotopic (exact) mass is 330 g/mol. The number of hydrogen-bond donors (Lipinski definition) is 3. The van der Waals surface area contributed by atoms with Gasteiger partial charge in [0.25, 0.3) is 5.91 Å². The topological polar surface area (TPSA) is 95.5 Å². The van der Waals surface area contributed by atoms with E-state index in [9.17, 15) is 14.4 Å². The molecule has 0 unspecified atom stereocenters. The van der Waals surface area contributed by atoms with Crippen LogP contribution < -0.4 is 10.6 Å². The summed E-state index contributed by atoms with van der Waals surface area (Å²) in [6.07, 6.45) is 0. The Kier molecular flexibility index (Phi) is 5.75. The highest BCUT2D eigenvalue weighted by Crippen LogP contribution is 2.29. The van der Waals surface area contributed by atoms with E-state index in [1.165, 1.54) is 19.9 Å². The number of carboxylic acid groups (broad SMARTS) is 1. The van der Waals surface area contributed by atoms with Crippen LogP contribution >= 0.6 is 23.2 Å². The molecular weight excluding hydrogens is 319 g/mol. The highest BCUT2D eigenvalue weighted by atomic mass is 35.5. The van der Waals surface area contributed by atoms with Gasteiger partial charge in [0.05, 0.1) is 15.7 Å². The summed E-state index contributed by atoms with van der Waals surface area (Å²) in [5, 5.41) is 13.5. The van der Waals surface area contributed by atoms with Crippen LogP contribution in [-0.4, -0.2) is 23.0 Å². The molecule has 1 rings (SSSR count). The van der Waals surface area contributed by atoms with E-state index in [2.05, 4.69) is 5.32 Å². The second-order valence-electron chi connectivity index (χ2n) is 4.06. The number of imide groups is 1. The summed E-state index contributed by atoms with van der Waals surface area (Å²) in [6.45, 7) is 2.57.